The highest BCUT2D eigenvalue weighted by atomic mass is 35.5. The van der Waals surface area contributed by atoms with Gasteiger partial charge in [0.25, 0.3) is 0 Å². The van der Waals surface area contributed by atoms with Gasteiger partial charge in [-0.3, -0.25) is 4.98 Å². The summed E-state index contributed by atoms with van der Waals surface area (Å²) in [5.41, 5.74) is 8.52. The Balaban J connectivity index is 1.82. The zero-order chi connectivity index (χ0) is 14.7. The van der Waals surface area contributed by atoms with Crippen molar-refractivity contribution in [1.82, 2.24) is 4.98 Å². The average molecular weight is 299 g/mol. The first-order valence-corrected chi connectivity index (χ1v) is 7.09. The Bertz CT molecular complexity index is 768. The number of nitrogens with zero attached hydrogens (tertiary/aromatic N) is 1. The van der Waals surface area contributed by atoms with E-state index in [9.17, 15) is 0 Å². The lowest BCUT2D eigenvalue weighted by atomic mass is 10.1. The standard InChI is InChI=1S/C17H15ClN2O/c18-16-9-15(7-6-13(16)10-19)21-11-14-4-1-3-12-5-2-8-20-17(12)14/h1-9H,10-11,19H2. The first-order chi connectivity index (χ1) is 10.3. The molecule has 0 unspecified atom stereocenters. The van der Waals surface area contributed by atoms with Gasteiger partial charge >= 0.3 is 0 Å². The maximum Gasteiger partial charge on any atom is 0.121 e. The van der Waals surface area contributed by atoms with Gasteiger partial charge in [-0.1, -0.05) is 41.9 Å². The van der Waals surface area contributed by atoms with Crippen LogP contribution in [0.4, 0.5) is 0 Å². The molecule has 3 rings (SSSR count). The number of pyridine rings is 1. The Morgan fingerprint density at radius 2 is 1.90 bits per heavy atom. The molecule has 0 aliphatic heterocycles. The number of hydrogen-bond donors (Lipinski definition) is 1. The lowest BCUT2D eigenvalue weighted by Gasteiger charge is -2.10. The third-order valence-corrected chi connectivity index (χ3v) is 3.71. The van der Waals surface area contributed by atoms with Crippen molar-refractivity contribution in [3.63, 3.8) is 0 Å². The molecule has 2 N–H and O–H groups in total. The summed E-state index contributed by atoms with van der Waals surface area (Å²) in [4.78, 5) is 4.42. The van der Waals surface area contributed by atoms with Crippen molar-refractivity contribution in [3.8, 4) is 5.75 Å². The molecule has 0 bridgehead atoms. The molecule has 106 valence electrons. The summed E-state index contributed by atoms with van der Waals surface area (Å²) >= 11 is 6.13. The normalized spacial score (nSPS) is 10.8. The summed E-state index contributed by atoms with van der Waals surface area (Å²) in [6.45, 7) is 0.874. The average Bonchev–Trinajstić information content (AvgIpc) is 2.53. The van der Waals surface area contributed by atoms with Crippen LogP contribution in [-0.4, -0.2) is 4.98 Å². The number of aromatic nitrogens is 1. The Morgan fingerprint density at radius 3 is 2.71 bits per heavy atom. The Labute approximate surface area is 128 Å². The van der Waals surface area contributed by atoms with Gasteiger partial charge in [0.1, 0.15) is 12.4 Å². The monoisotopic (exact) mass is 298 g/mol. The minimum Gasteiger partial charge on any atom is -0.489 e. The van der Waals surface area contributed by atoms with Crippen molar-refractivity contribution < 1.29 is 4.74 Å². The smallest absolute Gasteiger partial charge is 0.121 e. The van der Waals surface area contributed by atoms with Gasteiger partial charge < -0.3 is 10.5 Å². The van der Waals surface area contributed by atoms with Gasteiger partial charge in [-0.15, -0.1) is 0 Å². The Morgan fingerprint density at radius 1 is 1.05 bits per heavy atom. The van der Waals surface area contributed by atoms with E-state index < -0.39 is 0 Å². The fourth-order valence-electron chi connectivity index (χ4n) is 2.23. The van der Waals surface area contributed by atoms with Crippen molar-refractivity contribution >= 4 is 22.5 Å². The van der Waals surface area contributed by atoms with E-state index in [1.165, 1.54) is 0 Å². The first kappa shape index (κ1) is 13.9. The number of hydrogen-bond acceptors (Lipinski definition) is 3. The topological polar surface area (TPSA) is 48.1 Å². The molecule has 0 spiro atoms. The molecule has 0 fully saturated rings. The Hall–Kier alpha value is -2.10. The summed E-state index contributed by atoms with van der Waals surface area (Å²) in [7, 11) is 0. The fraction of sp³-hybridized carbons (Fsp3) is 0.118. The van der Waals surface area contributed by atoms with Crippen LogP contribution in [0, 0.1) is 0 Å². The molecule has 0 saturated carbocycles. The predicted octanol–water partition coefficient (Wildman–Crippen LogP) is 3.93. The van der Waals surface area contributed by atoms with Crippen LogP contribution in [0.3, 0.4) is 0 Å². The second kappa shape index (κ2) is 6.12. The van der Waals surface area contributed by atoms with E-state index in [0.717, 1.165) is 27.8 Å². The van der Waals surface area contributed by atoms with Gasteiger partial charge in [0, 0.05) is 28.7 Å². The molecule has 1 aromatic heterocycles. The molecule has 2 aromatic carbocycles. The zero-order valence-electron chi connectivity index (χ0n) is 11.4. The molecule has 21 heavy (non-hydrogen) atoms. The van der Waals surface area contributed by atoms with E-state index in [-0.39, 0.29) is 0 Å². The summed E-state index contributed by atoms with van der Waals surface area (Å²) in [6, 6.07) is 15.6. The summed E-state index contributed by atoms with van der Waals surface area (Å²) in [6.07, 6.45) is 1.79. The third-order valence-electron chi connectivity index (χ3n) is 3.36. The van der Waals surface area contributed by atoms with E-state index in [0.29, 0.717) is 18.2 Å². The number of rotatable bonds is 4. The second-order valence-corrected chi connectivity index (χ2v) is 5.15. The van der Waals surface area contributed by atoms with Crippen LogP contribution in [-0.2, 0) is 13.2 Å². The molecule has 0 aliphatic carbocycles. The molecular weight excluding hydrogens is 284 g/mol. The summed E-state index contributed by atoms with van der Waals surface area (Å²) in [5.74, 6) is 0.727. The molecule has 0 radical (unpaired) electrons. The lowest BCUT2D eigenvalue weighted by molar-refractivity contribution is 0.307. The minimum atomic E-state index is 0.423. The van der Waals surface area contributed by atoms with Gasteiger partial charge in [-0.25, -0.2) is 0 Å². The van der Waals surface area contributed by atoms with Crippen LogP contribution in [0.2, 0.25) is 5.02 Å². The fourth-order valence-corrected chi connectivity index (χ4v) is 2.48. The van der Waals surface area contributed by atoms with Crippen LogP contribution < -0.4 is 10.5 Å². The van der Waals surface area contributed by atoms with Gasteiger partial charge in [0.05, 0.1) is 5.52 Å². The van der Waals surface area contributed by atoms with Crippen molar-refractivity contribution in [2.24, 2.45) is 5.73 Å². The molecule has 0 saturated heterocycles. The maximum absolute atomic E-state index is 6.13. The van der Waals surface area contributed by atoms with Crippen LogP contribution in [0.25, 0.3) is 10.9 Å². The Kier molecular flexibility index (Phi) is 4.04. The van der Waals surface area contributed by atoms with E-state index >= 15 is 0 Å². The van der Waals surface area contributed by atoms with E-state index in [1.54, 1.807) is 12.3 Å². The number of para-hydroxylation sites is 1. The van der Waals surface area contributed by atoms with Gasteiger partial charge in [0.15, 0.2) is 0 Å². The highest BCUT2D eigenvalue weighted by molar-refractivity contribution is 6.31. The van der Waals surface area contributed by atoms with Crippen molar-refractivity contribution in [2.75, 3.05) is 0 Å². The second-order valence-electron chi connectivity index (χ2n) is 4.74. The highest BCUT2D eigenvalue weighted by Gasteiger charge is 2.04. The molecule has 0 aliphatic rings. The summed E-state index contributed by atoms with van der Waals surface area (Å²) in [5, 5.41) is 1.74. The largest absolute Gasteiger partial charge is 0.489 e. The quantitative estimate of drug-likeness (QED) is 0.794. The van der Waals surface area contributed by atoms with Crippen molar-refractivity contribution in [3.05, 3.63) is 70.9 Å². The SMILES string of the molecule is NCc1ccc(OCc2cccc3cccnc23)cc1Cl. The van der Waals surface area contributed by atoms with E-state index in [1.807, 2.05) is 42.5 Å². The molecule has 3 nitrogen and oxygen atoms in total. The number of fused-ring (bicyclic) bond motifs is 1. The first-order valence-electron chi connectivity index (χ1n) is 6.72. The number of benzene rings is 2. The van der Waals surface area contributed by atoms with Gasteiger partial charge in [-0.05, 0) is 23.8 Å². The van der Waals surface area contributed by atoms with Crippen LogP contribution in [0.1, 0.15) is 11.1 Å². The van der Waals surface area contributed by atoms with Crippen LogP contribution in [0.15, 0.2) is 54.7 Å². The zero-order valence-corrected chi connectivity index (χ0v) is 12.2. The van der Waals surface area contributed by atoms with Crippen molar-refractivity contribution in [2.45, 2.75) is 13.2 Å². The molecule has 0 amide bonds. The predicted molar refractivity (Wildman–Crippen MR) is 85.4 cm³/mol. The van der Waals surface area contributed by atoms with Gasteiger partial charge in [0.2, 0.25) is 0 Å². The molecular formula is C17H15ClN2O. The van der Waals surface area contributed by atoms with Crippen LogP contribution >= 0.6 is 11.6 Å². The number of nitrogens with two attached hydrogens (primary N) is 1. The minimum absolute atomic E-state index is 0.423. The summed E-state index contributed by atoms with van der Waals surface area (Å²) < 4.78 is 5.82. The van der Waals surface area contributed by atoms with Crippen LogP contribution in [0.5, 0.6) is 5.75 Å². The van der Waals surface area contributed by atoms with Crippen molar-refractivity contribution in [1.29, 1.82) is 0 Å². The molecule has 4 heteroatoms. The molecule has 3 aromatic rings. The van der Waals surface area contributed by atoms with E-state index in [2.05, 4.69) is 4.98 Å². The molecule has 0 atom stereocenters. The number of ether oxygens (including phenoxy) is 1. The third kappa shape index (κ3) is 2.99. The molecule has 1 heterocycles. The highest BCUT2D eigenvalue weighted by Crippen LogP contribution is 2.24. The van der Waals surface area contributed by atoms with Gasteiger partial charge in [-0.2, -0.15) is 0 Å². The van der Waals surface area contributed by atoms with E-state index in [4.69, 9.17) is 22.1 Å². The lowest BCUT2D eigenvalue weighted by Crippen LogP contribution is -2.00. The maximum atomic E-state index is 6.13. The number of halogens is 1.